The van der Waals surface area contributed by atoms with Crippen LogP contribution >= 0.6 is 23.5 Å². The standard InChI is InChI=1S/C12H19N3O2S2/c1-2-19-12-10(13-4-5-15-12)11(17)14-6-9-18-8-3-7-16/h4-5,16H,2-3,6-9H2,1H3,(H,14,17). The van der Waals surface area contributed by atoms with Crippen molar-refractivity contribution in [3.63, 3.8) is 0 Å². The van der Waals surface area contributed by atoms with Gasteiger partial charge in [-0.2, -0.15) is 11.8 Å². The number of aliphatic hydroxyl groups is 1. The number of aromatic nitrogens is 2. The molecule has 0 fully saturated rings. The minimum absolute atomic E-state index is 0.174. The summed E-state index contributed by atoms with van der Waals surface area (Å²) in [7, 11) is 0. The van der Waals surface area contributed by atoms with Crippen LogP contribution in [-0.4, -0.2) is 51.4 Å². The summed E-state index contributed by atoms with van der Waals surface area (Å²) in [5.41, 5.74) is 0.398. The van der Waals surface area contributed by atoms with E-state index >= 15 is 0 Å². The monoisotopic (exact) mass is 301 g/mol. The van der Waals surface area contributed by atoms with E-state index in [0.717, 1.165) is 23.7 Å². The molecule has 1 heterocycles. The van der Waals surface area contributed by atoms with Gasteiger partial charge < -0.3 is 10.4 Å². The topological polar surface area (TPSA) is 75.1 Å². The Morgan fingerprint density at radius 3 is 2.89 bits per heavy atom. The molecule has 0 aromatic carbocycles. The Morgan fingerprint density at radius 2 is 2.16 bits per heavy atom. The Kier molecular flexibility index (Phi) is 8.61. The molecule has 0 aliphatic carbocycles. The minimum atomic E-state index is -0.174. The molecule has 0 spiro atoms. The summed E-state index contributed by atoms with van der Waals surface area (Å²) in [4.78, 5) is 20.2. The van der Waals surface area contributed by atoms with Crippen molar-refractivity contribution in [1.29, 1.82) is 0 Å². The van der Waals surface area contributed by atoms with E-state index in [-0.39, 0.29) is 12.5 Å². The molecule has 1 aromatic heterocycles. The SMILES string of the molecule is CCSc1nccnc1C(=O)NCCSCCCO. The first-order valence-corrected chi connectivity index (χ1v) is 8.34. The zero-order valence-corrected chi connectivity index (χ0v) is 12.6. The molecule has 1 rings (SSSR count). The highest BCUT2D eigenvalue weighted by Crippen LogP contribution is 2.17. The van der Waals surface area contributed by atoms with Crippen LogP contribution in [0, 0.1) is 0 Å². The van der Waals surface area contributed by atoms with Crippen LogP contribution in [0.15, 0.2) is 17.4 Å². The summed E-state index contributed by atoms with van der Waals surface area (Å²) < 4.78 is 0. The highest BCUT2D eigenvalue weighted by Gasteiger charge is 2.13. The Balaban J connectivity index is 2.36. The van der Waals surface area contributed by atoms with Gasteiger partial charge in [-0.3, -0.25) is 4.79 Å². The number of carbonyl (C=O) groups excluding carboxylic acids is 1. The molecular weight excluding hydrogens is 282 g/mol. The molecule has 1 aromatic rings. The highest BCUT2D eigenvalue weighted by atomic mass is 32.2. The molecule has 0 atom stereocenters. The van der Waals surface area contributed by atoms with E-state index in [4.69, 9.17) is 5.11 Å². The van der Waals surface area contributed by atoms with Gasteiger partial charge in [-0.05, 0) is 17.9 Å². The molecule has 106 valence electrons. The first-order chi connectivity index (χ1) is 9.29. The Hall–Kier alpha value is -0.790. The second kappa shape index (κ2) is 10.1. The summed E-state index contributed by atoms with van der Waals surface area (Å²) in [6.07, 6.45) is 3.92. The van der Waals surface area contributed by atoms with Gasteiger partial charge in [-0.1, -0.05) is 6.92 Å². The lowest BCUT2D eigenvalue weighted by Gasteiger charge is -2.07. The van der Waals surface area contributed by atoms with Gasteiger partial charge in [-0.15, -0.1) is 11.8 Å². The summed E-state index contributed by atoms with van der Waals surface area (Å²) in [6, 6.07) is 0. The molecule has 0 unspecified atom stereocenters. The number of hydrogen-bond donors (Lipinski definition) is 2. The van der Waals surface area contributed by atoms with Gasteiger partial charge >= 0.3 is 0 Å². The highest BCUT2D eigenvalue weighted by molar-refractivity contribution is 7.99. The quantitative estimate of drug-likeness (QED) is 0.531. The maximum Gasteiger partial charge on any atom is 0.272 e. The fraction of sp³-hybridized carbons (Fsp3) is 0.583. The van der Waals surface area contributed by atoms with Crippen LogP contribution in [0.4, 0.5) is 0 Å². The van der Waals surface area contributed by atoms with Crippen molar-refractivity contribution in [1.82, 2.24) is 15.3 Å². The molecular formula is C12H19N3O2S2. The van der Waals surface area contributed by atoms with Crippen molar-refractivity contribution in [2.24, 2.45) is 0 Å². The third-order valence-electron chi connectivity index (χ3n) is 2.14. The molecule has 0 radical (unpaired) electrons. The van der Waals surface area contributed by atoms with E-state index in [9.17, 15) is 4.79 Å². The first kappa shape index (κ1) is 16.3. The number of rotatable bonds is 9. The van der Waals surface area contributed by atoms with E-state index in [1.165, 1.54) is 18.0 Å². The zero-order valence-electron chi connectivity index (χ0n) is 11.0. The van der Waals surface area contributed by atoms with Crippen molar-refractivity contribution in [3.8, 4) is 0 Å². The minimum Gasteiger partial charge on any atom is -0.396 e. The summed E-state index contributed by atoms with van der Waals surface area (Å²) in [5.74, 6) is 2.43. The Bertz CT molecular complexity index is 391. The van der Waals surface area contributed by atoms with Crippen LogP contribution in [0.25, 0.3) is 0 Å². The smallest absolute Gasteiger partial charge is 0.272 e. The second-order valence-corrected chi connectivity index (χ2v) is 6.07. The first-order valence-electron chi connectivity index (χ1n) is 6.20. The summed E-state index contributed by atoms with van der Waals surface area (Å²) >= 11 is 3.23. The number of nitrogens with zero attached hydrogens (tertiary/aromatic N) is 2. The third kappa shape index (κ3) is 6.26. The lowest BCUT2D eigenvalue weighted by Crippen LogP contribution is -2.27. The van der Waals surface area contributed by atoms with E-state index in [1.54, 1.807) is 18.0 Å². The molecule has 0 saturated carbocycles. The van der Waals surface area contributed by atoms with Gasteiger partial charge in [0, 0.05) is 31.3 Å². The lowest BCUT2D eigenvalue weighted by atomic mass is 10.4. The third-order valence-corrected chi connectivity index (χ3v) is 4.07. The van der Waals surface area contributed by atoms with E-state index in [2.05, 4.69) is 15.3 Å². The van der Waals surface area contributed by atoms with Crippen molar-refractivity contribution in [2.75, 3.05) is 30.4 Å². The van der Waals surface area contributed by atoms with E-state index < -0.39 is 0 Å². The predicted octanol–water partition coefficient (Wildman–Crippen LogP) is 1.43. The van der Waals surface area contributed by atoms with Gasteiger partial charge in [0.1, 0.15) is 5.03 Å². The number of amides is 1. The van der Waals surface area contributed by atoms with Gasteiger partial charge in [-0.25, -0.2) is 9.97 Å². The van der Waals surface area contributed by atoms with Crippen LogP contribution in [0.3, 0.4) is 0 Å². The Labute approximate surface area is 122 Å². The lowest BCUT2D eigenvalue weighted by molar-refractivity contribution is 0.0947. The van der Waals surface area contributed by atoms with Gasteiger partial charge in [0.05, 0.1) is 0 Å². The van der Waals surface area contributed by atoms with E-state index in [1.807, 2.05) is 6.92 Å². The van der Waals surface area contributed by atoms with Crippen LogP contribution in [-0.2, 0) is 0 Å². The van der Waals surface area contributed by atoms with E-state index in [0.29, 0.717) is 17.3 Å². The van der Waals surface area contributed by atoms with Crippen molar-refractivity contribution < 1.29 is 9.90 Å². The molecule has 0 aliphatic rings. The maximum atomic E-state index is 12.0. The average Bonchev–Trinajstić information content (AvgIpc) is 2.43. The normalized spacial score (nSPS) is 10.4. The van der Waals surface area contributed by atoms with Crippen molar-refractivity contribution in [2.45, 2.75) is 18.4 Å². The average molecular weight is 301 g/mol. The molecule has 19 heavy (non-hydrogen) atoms. The molecule has 0 aliphatic heterocycles. The zero-order chi connectivity index (χ0) is 13.9. The van der Waals surface area contributed by atoms with Crippen LogP contribution in [0.5, 0.6) is 0 Å². The molecule has 0 bridgehead atoms. The van der Waals surface area contributed by atoms with Crippen LogP contribution < -0.4 is 5.32 Å². The van der Waals surface area contributed by atoms with Gasteiger partial charge in [0.2, 0.25) is 0 Å². The van der Waals surface area contributed by atoms with Crippen LogP contribution in [0.2, 0.25) is 0 Å². The number of hydrogen-bond acceptors (Lipinski definition) is 6. The predicted molar refractivity (Wildman–Crippen MR) is 79.8 cm³/mol. The largest absolute Gasteiger partial charge is 0.396 e. The van der Waals surface area contributed by atoms with Gasteiger partial charge in [0.25, 0.3) is 5.91 Å². The Morgan fingerprint density at radius 1 is 1.37 bits per heavy atom. The number of nitrogens with one attached hydrogen (secondary N) is 1. The molecule has 5 nitrogen and oxygen atoms in total. The number of thioether (sulfide) groups is 2. The summed E-state index contributed by atoms with van der Waals surface area (Å²) in [5, 5.41) is 12.2. The number of carbonyl (C=O) groups is 1. The van der Waals surface area contributed by atoms with Crippen molar-refractivity contribution >= 4 is 29.4 Å². The van der Waals surface area contributed by atoms with Crippen LogP contribution in [0.1, 0.15) is 23.8 Å². The number of aliphatic hydroxyl groups excluding tert-OH is 1. The molecule has 7 heteroatoms. The molecule has 2 N–H and O–H groups in total. The fourth-order valence-electron chi connectivity index (χ4n) is 1.31. The summed E-state index contributed by atoms with van der Waals surface area (Å²) in [6.45, 7) is 2.83. The molecule has 1 amide bonds. The van der Waals surface area contributed by atoms with Crippen molar-refractivity contribution in [3.05, 3.63) is 18.1 Å². The second-order valence-electron chi connectivity index (χ2n) is 3.59. The fourth-order valence-corrected chi connectivity index (χ4v) is 2.79. The maximum absolute atomic E-state index is 12.0. The van der Waals surface area contributed by atoms with Gasteiger partial charge in [0.15, 0.2) is 5.69 Å². The molecule has 0 saturated heterocycles.